The molecule has 2 unspecified atom stereocenters. The second-order valence-electron chi connectivity index (χ2n) is 5.71. The first-order valence-corrected chi connectivity index (χ1v) is 7.11. The standard InChI is InChI=1S/C17H21N/c1-12-7-3-5-9-15(12)17-13(2)18-11-14-8-4-6-10-16(14)17/h4,6,8,10-12,15H,3,5,7,9H2,1-2H3. The minimum absolute atomic E-state index is 0.706. The van der Waals surface area contributed by atoms with Crippen LogP contribution >= 0.6 is 0 Å². The third-order valence-electron chi connectivity index (χ3n) is 4.52. The summed E-state index contributed by atoms with van der Waals surface area (Å²) in [7, 11) is 0. The number of hydrogen-bond donors (Lipinski definition) is 0. The number of rotatable bonds is 1. The molecule has 2 atom stereocenters. The van der Waals surface area contributed by atoms with Crippen LogP contribution in [-0.2, 0) is 0 Å². The van der Waals surface area contributed by atoms with Gasteiger partial charge in [0, 0.05) is 17.3 Å². The first-order chi connectivity index (χ1) is 8.77. The lowest BCUT2D eigenvalue weighted by atomic mass is 9.75. The summed E-state index contributed by atoms with van der Waals surface area (Å²) in [6.07, 6.45) is 7.49. The summed E-state index contributed by atoms with van der Waals surface area (Å²) >= 11 is 0. The fourth-order valence-corrected chi connectivity index (χ4v) is 3.50. The van der Waals surface area contributed by atoms with Crippen molar-refractivity contribution in [3.05, 3.63) is 41.7 Å². The molecule has 1 nitrogen and oxygen atoms in total. The van der Waals surface area contributed by atoms with Gasteiger partial charge in [0.1, 0.15) is 0 Å². The van der Waals surface area contributed by atoms with Gasteiger partial charge in [-0.2, -0.15) is 0 Å². The summed E-state index contributed by atoms with van der Waals surface area (Å²) in [5, 5.41) is 2.71. The van der Waals surface area contributed by atoms with Gasteiger partial charge in [-0.1, -0.05) is 50.5 Å². The van der Waals surface area contributed by atoms with Crippen molar-refractivity contribution in [1.82, 2.24) is 4.98 Å². The van der Waals surface area contributed by atoms with Crippen LogP contribution in [0.1, 0.15) is 49.8 Å². The van der Waals surface area contributed by atoms with E-state index >= 15 is 0 Å². The second kappa shape index (κ2) is 4.72. The molecule has 0 amide bonds. The van der Waals surface area contributed by atoms with E-state index in [0.717, 1.165) is 5.92 Å². The Bertz CT molecular complexity index is 559. The molecule has 2 aromatic rings. The topological polar surface area (TPSA) is 12.9 Å². The van der Waals surface area contributed by atoms with E-state index in [9.17, 15) is 0 Å². The van der Waals surface area contributed by atoms with Crippen LogP contribution in [0.4, 0.5) is 0 Å². The Labute approximate surface area is 109 Å². The molecule has 1 aliphatic rings. The third-order valence-corrected chi connectivity index (χ3v) is 4.52. The minimum atomic E-state index is 0.706. The maximum absolute atomic E-state index is 4.62. The summed E-state index contributed by atoms with van der Waals surface area (Å²) in [5.74, 6) is 1.50. The van der Waals surface area contributed by atoms with Crippen LogP contribution in [0.5, 0.6) is 0 Å². The van der Waals surface area contributed by atoms with Gasteiger partial charge in [0.25, 0.3) is 0 Å². The Kier molecular flexibility index (Phi) is 3.07. The Morgan fingerprint density at radius 3 is 2.72 bits per heavy atom. The Hall–Kier alpha value is -1.37. The van der Waals surface area contributed by atoms with Crippen LogP contribution in [0.3, 0.4) is 0 Å². The molecule has 1 fully saturated rings. The molecule has 0 bridgehead atoms. The van der Waals surface area contributed by atoms with Gasteiger partial charge in [-0.05, 0) is 36.1 Å². The van der Waals surface area contributed by atoms with Crippen molar-refractivity contribution < 1.29 is 0 Å². The van der Waals surface area contributed by atoms with Gasteiger partial charge < -0.3 is 0 Å². The number of pyridine rings is 1. The summed E-state index contributed by atoms with van der Waals surface area (Å²) in [6.45, 7) is 4.58. The summed E-state index contributed by atoms with van der Waals surface area (Å²) in [5.41, 5.74) is 2.74. The van der Waals surface area contributed by atoms with Gasteiger partial charge in [-0.15, -0.1) is 0 Å². The van der Waals surface area contributed by atoms with E-state index in [1.807, 2.05) is 6.20 Å². The lowest BCUT2D eigenvalue weighted by Gasteiger charge is -2.30. The van der Waals surface area contributed by atoms with Crippen LogP contribution in [0.2, 0.25) is 0 Å². The molecule has 0 N–H and O–H groups in total. The lowest BCUT2D eigenvalue weighted by Crippen LogP contribution is -2.16. The highest BCUT2D eigenvalue weighted by atomic mass is 14.7. The van der Waals surface area contributed by atoms with Crippen molar-refractivity contribution in [3.8, 4) is 0 Å². The van der Waals surface area contributed by atoms with Gasteiger partial charge in [0.05, 0.1) is 0 Å². The average Bonchev–Trinajstić information content (AvgIpc) is 2.40. The predicted molar refractivity (Wildman–Crippen MR) is 76.9 cm³/mol. The smallest absolute Gasteiger partial charge is 0.0413 e. The van der Waals surface area contributed by atoms with Crippen molar-refractivity contribution >= 4 is 10.8 Å². The molecule has 1 aromatic heterocycles. The van der Waals surface area contributed by atoms with Gasteiger partial charge in [-0.25, -0.2) is 0 Å². The molecule has 1 aromatic carbocycles. The fraction of sp³-hybridized carbons (Fsp3) is 0.471. The van der Waals surface area contributed by atoms with Crippen molar-refractivity contribution in [2.45, 2.75) is 45.4 Å². The molecule has 1 heteroatoms. The molecule has 1 saturated carbocycles. The molecule has 1 heterocycles. The molecule has 0 aliphatic heterocycles. The van der Waals surface area contributed by atoms with Gasteiger partial charge in [0.2, 0.25) is 0 Å². The van der Waals surface area contributed by atoms with Gasteiger partial charge in [-0.3, -0.25) is 4.98 Å². The quantitative estimate of drug-likeness (QED) is 0.694. The number of nitrogens with zero attached hydrogens (tertiary/aromatic N) is 1. The van der Waals surface area contributed by atoms with E-state index in [1.165, 1.54) is 47.7 Å². The van der Waals surface area contributed by atoms with E-state index in [1.54, 1.807) is 0 Å². The highest BCUT2D eigenvalue weighted by Crippen LogP contribution is 2.41. The number of hydrogen-bond acceptors (Lipinski definition) is 1. The molecule has 0 spiro atoms. The van der Waals surface area contributed by atoms with Crippen molar-refractivity contribution in [3.63, 3.8) is 0 Å². The van der Waals surface area contributed by atoms with Crippen LogP contribution in [0.25, 0.3) is 10.8 Å². The summed E-state index contributed by atoms with van der Waals surface area (Å²) < 4.78 is 0. The summed E-state index contributed by atoms with van der Waals surface area (Å²) in [6, 6.07) is 8.70. The molecular weight excluding hydrogens is 218 g/mol. The molecule has 0 radical (unpaired) electrons. The number of benzene rings is 1. The van der Waals surface area contributed by atoms with E-state index < -0.39 is 0 Å². The molecule has 18 heavy (non-hydrogen) atoms. The minimum Gasteiger partial charge on any atom is -0.261 e. The number of aromatic nitrogens is 1. The Morgan fingerprint density at radius 2 is 1.89 bits per heavy atom. The predicted octanol–water partition coefficient (Wildman–Crippen LogP) is 4.84. The highest BCUT2D eigenvalue weighted by molar-refractivity contribution is 5.86. The number of aryl methyl sites for hydroxylation is 1. The van der Waals surface area contributed by atoms with Crippen LogP contribution in [0, 0.1) is 12.8 Å². The number of fused-ring (bicyclic) bond motifs is 1. The molecule has 1 aliphatic carbocycles. The van der Waals surface area contributed by atoms with E-state index in [2.05, 4.69) is 43.1 Å². The third kappa shape index (κ3) is 1.92. The zero-order chi connectivity index (χ0) is 12.5. The summed E-state index contributed by atoms with van der Waals surface area (Å²) in [4.78, 5) is 4.62. The van der Waals surface area contributed by atoms with Gasteiger partial charge >= 0.3 is 0 Å². The zero-order valence-corrected chi connectivity index (χ0v) is 11.3. The molecular formula is C17H21N. The van der Waals surface area contributed by atoms with E-state index in [-0.39, 0.29) is 0 Å². The van der Waals surface area contributed by atoms with E-state index in [0.29, 0.717) is 5.92 Å². The van der Waals surface area contributed by atoms with Crippen molar-refractivity contribution in [2.24, 2.45) is 5.92 Å². The SMILES string of the molecule is Cc1ncc2ccccc2c1C1CCCCC1C. The lowest BCUT2D eigenvalue weighted by molar-refractivity contribution is 0.331. The van der Waals surface area contributed by atoms with Crippen molar-refractivity contribution in [2.75, 3.05) is 0 Å². The zero-order valence-electron chi connectivity index (χ0n) is 11.3. The first-order valence-electron chi connectivity index (χ1n) is 7.11. The van der Waals surface area contributed by atoms with Gasteiger partial charge in [0.15, 0.2) is 0 Å². The average molecular weight is 239 g/mol. The maximum Gasteiger partial charge on any atom is 0.0413 e. The highest BCUT2D eigenvalue weighted by Gasteiger charge is 2.25. The molecule has 0 saturated heterocycles. The maximum atomic E-state index is 4.62. The molecule has 94 valence electrons. The van der Waals surface area contributed by atoms with E-state index in [4.69, 9.17) is 0 Å². The van der Waals surface area contributed by atoms with Crippen LogP contribution < -0.4 is 0 Å². The van der Waals surface area contributed by atoms with Crippen LogP contribution in [0.15, 0.2) is 30.5 Å². The largest absolute Gasteiger partial charge is 0.261 e. The monoisotopic (exact) mass is 239 g/mol. The normalized spacial score (nSPS) is 24.3. The fourth-order valence-electron chi connectivity index (χ4n) is 3.50. The van der Waals surface area contributed by atoms with Crippen LogP contribution in [-0.4, -0.2) is 4.98 Å². The van der Waals surface area contributed by atoms with Crippen molar-refractivity contribution in [1.29, 1.82) is 0 Å². The first kappa shape index (κ1) is 11.7. The second-order valence-corrected chi connectivity index (χ2v) is 5.71. The molecule has 3 rings (SSSR count). The Balaban J connectivity index is 2.17. The Morgan fingerprint density at radius 1 is 1.11 bits per heavy atom.